The Morgan fingerprint density at radius 3 is 2.33 bits per heavy atom. The summed E-state index contributed by atoms with van der Waals surface area (Å²) in [5, 5.41) is 0. The predicted molar refractivity (Wildman–Crippen MR) is 76.0 cm³/mol. The lowest BCUT2D eigenvalue weighted by molar-refractivity contribution is -0.275. The third kappa shape index (κ3) is 4.34. The lowest BCUT2D eigenvalue weighted by atomic mass is 9.94. The largest absolute Gasteiger partial charge is 0.337 e. The van der Waals surface area contributed by atoms with Gasteiger partial charge in [0.1, 0.15) is 5.60 Å². The summed E-state index contributed by atoms with van der Waals surface area (Å²) < 4.78 is 0. The van der Waals surface area contributed by atoms with Gasteiger partial charge in [0.05, 0.1) is 0 Å². The molecule has 0 bridgehead atoms. The Morgan fingerprint density at radius 1 is 1.17 bits per heavy atom. The molecule has 0 unspecified atom stereocenters. The molecule has 0 saturated carbocycles. The van der Waals surface area contributed by atoms with Crippen LogP contribution in [0.3, 0.4) is 0 Å². The van der Waals surface area contributed by atoms with Gasteiger partial charge in [-0.2, -0.15) is 4.89 Å². The molecule has 102 valence electrons. The van der Waals surface area contributed by atoms with E-state index in [4.69, 9.17) is 9.78 Å². The summed E-state index contributed by atoms with van der Waals surface area (Å²) in [6.07, 6.45) is 2.13. The van der Waals surface area contributed by atoms with Gasteiger partial charge in [-0.1, -0.05) is 39.3 Å². The van der Waals surface area contributed by atoms with Gasteiger partial charge in [0, 0.05) is 5.56 Å². The van der Waals surface area contributed by atoms with Crippen molar-refractivity contribution in [3.05, 3.63) is 29.3 Å². The second-order valence-electron chi connectivity index (χ2n) is 6.01. The van der Waals surface area contributed by atoms with Crippen LogP contribution in [-0.2, 0) is 11.3 Å². The Balaban J connectivity index is 2.99. The summed E-state index contributed by atoms with van der Waals surface area (Å²) in [6.45, 7) is 12.6. The maximum Gasteiger partial charge on any atom is 0.168 e. The highest BCUT2D eigenvalue weighted by molar-refractivity contribution is 5.41. The van der Waals surface area contributed by atoms with Gasteiger partial charge in [0.2, 0.25) is 0 Å². The first-order valence-corrected chi connectivity index (χ1v) is 6.82. The van der Waals surface area contributed by atoms with Crippen molar-refractivity contribution in [1.82, 2.24) is 0 Å². The normalized spacial score (nSPS) is 11.9. The molecule has 0 aliphatic heterocycles. The van der Waals surface area contributed by atoms with Crippen LogP contribution in [0.2, 0.25) is 0 Å². The van der Waals surface area contributed by atoms with Crippen molar-refractivity contribution in [2.75, 3.05) is 0 Å². The van der Waals surface area contributed by atoms with Crippen molar-refractivity contribution in [3.8, 4) is 5.75 Å². The van der Waals surface area contributed by atoms with Crippen LogP contribution < -0.4 is 4.89 Å². The summed E-state index contributed by atoms with van der Waals surface area (Å²) in [4.78, 5) is 11.0. The van der Waals surface area contributed by atoms with Crippen molar-refractivity contribution in [2.24, 2.45) is 0 Å². The zero-order valence-electron chi connectivity index (χ0n) is 12.5. The molecule has 1 aromatic carbocycles. The summed E-state index contributed by atoms with van der Waals surface area (Å²) in [6, 6.07) is 6.21. The highest BCUT2D eigenvalue weighted by Crippen LogP contribution is 2.30. The van der Waals surface area contributed by atoms with E-state index in [1.54, 1.807) is 0 Å². The summed E-state index contributed by atoms with van der Waals surface area (Å²) in [7, 11) is 0. The molecule has 0 aliphatic carbocycles. The zero-order chi connectivity index (χ0) is 13.8. The molecule has 0 spiro atoms. The number of rotatable bonds is 5. The molecule has 1 aromatic rings. The lowest BCUT2D eigenvalue weighted by Gasteiger charge is -2.21. The van der Waals surface area contributed by atoms with Gasteiger partial charge >= 0.3 is 0 Å². The molecule has 0 saturated heterocycles. The van der Waals surface area contributed by atoms with Gasteiger partial charge in [-0.05, 0) is 44.7 Å². The second kappa shape index (κ2) is 6.24. The van der Waals surface area contributed by atoms with E-state index in [1.165, 1.54) is 11.1 Å². The van der Waals surface area contributed by atoms with E-state index in [2.05, 4.69) is 26.8 Å². The maximum absolute atomic E-state index is 5.54. The quantitative estimate of drug-likeness (QED) is 0.548. The molecular weight excluding hydrogens is 224 g/mol. The molecule has 0 heterocycles. The van der Waals surface area contributed by atoms with Crippen LogP contribution in [-0.4, -0.2) is 5.60 Å². The van der Waals surface area contributed by atoms with Crippen molar-refractivity contribution < 1.29 is 9.78 Å². The standard InChI is InChI=1S/C16H26O2/c1-7-9-14-13(12(2)3)10-8-11-15(14)17-18-16(4,5)6/h8,10-12H,7,9H2,1-6H3. The first kappa shape index (κ1) is 15.0. The lowest BCUT2D eigenvalue weighted by Crippen LogP contribution is -2.21. The number of hydrogen-bond donors (Lipinski definition) is 0. The molecule has 0 aliphatic rings. The molecule has 1 rings (SSSR count). The number of benzene rings is 1. The Bertz CT molecular complexity index is 375. The molecule has 0 N–H and O–H groups in total. The minimum Gasteiger partial charge on any atom is -0.337 e. The van der Waals surface area contributed by atoms with E-state index >= 15 is 0 Å². The average Bonchev–Trinajstić information content (AvgIpc) is 2.26. The molecule has 2 nitrogen and oxygen atoms in total. The van der Waals surface area contributed by atoms with E-state index in [9.17, 15) is 0 Å². The van der Waals surface area contributed by atoms with Crippen molar-refractivity contribution in [3.63, 3.8) is 0 Å². The van der Waals surface area contributed by atoms with Crippen LogP contribution in [0.5, 0.6) is 5.75 Å². The molecule has 2 heteroatoms. The van der Waals surface area contributed by atoms with E-state index in [0.717, 1.165) is 18.6 Å². The van der Waals surface area contributed by atoms with E-state index in [1.807, 2.05) is 32.9 Å². The van der Waals surface area contributed by atoms with Crippen LogP contribution in [0, 0.1) is 0 Å². The fourth-order valence-corrected chi connectivity index (χ4v) is 1.89. The second-order valence-corrected chi connectivity index (χ2v) is 6.01. The fourth-order valence-electron chi connectivity index (χ4n) is 1.89. The Labute approximate surface area is 111 Å². The average molecular weight is 250 g/mol. The topological polar surface area (TPSA) is 18.5 Å². The summed E-state index contributed by atoms with van der Waals surface area (Å²) in [5.74, 6) is 1.36. The zero-order valence-corrected chi connectivity index (χ0v) is 12.5. The van der Waals surface area contributed by atoms with Gasteiger partial charge < -0.3 is 4.89 Å². The third-order valence-electron chi connectivity index (χ3n) is 2.67. The highest BCUT2D eigenvalue weighted by Gasteiger charge is 2.16. The SMILES string of the molecule is CCCc1c(OOC(C)(C)C)cccc1C(C)C. The van der Waals surface area contributed by atoms with Gasteiger partial charge in [0.25, 0.3) is 0 Å². The Kier molecular flexibility index (Phi) is 5.21. The molecule has 0 atom stereocenters. The molecule has 0 aromatic heterocycles. The van der Waals surface area contributed by atoms with Crippen LogP contribution in [0.4, 0.5) is 0 Å². The highest BCUT2D eigenvalue weighted by atomic mass is 17.2. The fraction of sp³-hybridized carbons (Fsp3) is 0.625. The van der Waals surface area contributed by atoms with Gasteiger partial charge in [-0.3, -0.25) is 0 Å². The van der Waals surface area contributed by atoms with Crippen molar-refractivity contribution in [2.45, 2.75) is 65.9 Å². The first-order valence-electron chi connectivity index (χ1n) is 6.82. The van der Waals surface area contributed by atoms with Gasteiger partial charge in [-0.15, -0.1) is 0 Å². The smallest absolute Gasteiger partial charge is 0.168 e. The van der Waals surface area contributed by atoms with E-state index in [-0.39, 0.29) is 5.60 Å². The molecule has 18 heavy (non-hydrogen) atoms. The van der Waals surface area contributed by atoms with Crippen LogP contribution >= 0.6 is 0 Å². The van der Waals surface area contributed by atoms with Gasteiger partial charge in [-0.25, -0.2) is 0 Å². The minimum atomic E-state index is -0.294. The Morgan fingerprint density at radius 2 is 1.83 bits per heavy atom. The summed E-state index contributed by atoms with van der Waals surface area (Å²) >= 11 is 0. The van der Waals surface area contributed by atoms with E-state index < -0.39 is 0 Å². The molecule has 0 fully saturated rings. The van der Waals surface area contributed by atoms with Crippen molar-refractivity contribution in [1.29, 1.82) is 0 Å². The molecular formula is C16H26O2. The van der Waals surface area contributed by atoms with Gasteiger partial charge in [0.15, 0.2) is 5.75 Å². The number of hydrogen-bond acceptors (Lipinski definition) is 2. The molecule has 0 radical (unpaired) electrons. The Hall–Kier alpha value is -1.02. The third-order valence-corrected chi connectivity index (χ3v) is 2.67. The molecule has 0 amide bonds. The van der Waals surface area contributed by atoms with Crippen LogP contribution in [0.1, 0.15) is 65.0 Å². The predicted octanol–water partition coefficient (Wildman–Crippen LogP) is 4.87. The van der Waals surface area contributed by atoms with Crippen molar-refractivity contribution >= 4 is 0 Å². The first-order chi connectivity index (χ1) is 8.35. The van der Waals surface area contributed by atoms with Crippen LogP contribution in [0.25, 0.3) is 0 Å². The minimum absolute atomic E-state index is 0.294. The maximum atomic E-state index is 5.54. The van der Waals surface area contributed by atoms with E-state index in [0.29, 0.717) is 5.92 Å². The monoisotopic (exact) mass is 250 g/mol. The van der Waals surface area contributed by atoms with Crippen LogP contribution in [0.15, 0.2) is 18.2 Å². The summed E-state index contributed by atoms with van der Waals surface area (Å²) in [5.41, 5.74) is 2.34.